The SMILES string of the molecule is C=C1Cc2cc(-c3n/c(=C/C)c(=C)c(CC)c3C)[nH]c(=O)c2CO1. The molecule has 1 aliphatic rings. The zero-order valence-electron chi connectivity index (χ0n) is 14.5. The van der Waals surface area contributed by atoms with Crippen LogP contribution < -0.4 is 16.1 Å². The first kappa shape index (κ1) is 16.2. The highest BCUT2D eigenvalue weighted by atomic mass is 16.5. The molecule has 24 heavy (non-hydrogen) atoms. The number of fused-ring (bicyclic) bond motifs is 1. The van der Waals surface area contributed by atoms with E-state index in [4.69, 9.17) is 9.72 Å². The Labute approximate surface area is 141 Å². The molecule has 0 atom stereocenters. The normalized spacial score (nSPS) is 14.5. The smallest absolute Gasteiger partial charge is 0.255 e. The van der Waals surface area contributed by atoms with Gasteiger partial charge in [-0.2, -0.15) is 0 Å². The van der Waals surface area contributed by atoms with E-state index in [1.807, 2.05) is 26.0 Å². The number of nitrogens with zero attached hydrogens (tertiary/aromatic N) is 1. The summed E-state index contributed by atoms with van der Waals surface area (Å²) >= 11 is 0. The molecule has 3 heterocycles. The summed E-state index contributed by atoms with van der Waals surface area (Å²) in [6, 6.07) is 2.00. The molecule has 1 N–H and O–H groups in total. The highest BCUT2D eigenvalue weighted by Crippen LogP contribution is 2.24. The van der Waals surface area contributed by atoms with Crippen LogP contribution in [0.25, 0.3) is 24.0 Å². The van der Waals surface area contributed by atoms with Crippen LogP contribution >= 0.6 is 0 Å². The number of ether oxygens (including phenoxy) is 1. The van der Waals surface area contributed by atoms with Crippen LogP contribution in [-0.2, 0) is 24.2 Å². The average Bonchev–Trinajstić information content (AvgIpc) is 2.55. The predicted molar refractivity (Wildman–Crippen MR) is 97.0 cm³/mol. The van der Waals surface area contributed by atoms with E-state index < -0.39 is 0 Å². The number of H-pyrrole nitrogens is 1. The molecule has 0 aliphatic carbocycles. The summed E-state index contributed by atoms with van der Waals surface area (Å²) in [6.07, 6.45) is 3.39. The van der Waals surface area contributed by atoms with Gasteiger partial charge in [-0.3, -0.25) is 4.79 Å². The monoisotopic (exact) mass is 322 g/mol. The number of aromatic nitrogens is 2. The third-order valence-electron chi connectivity index (χ3n) is 4.63. The highest BCUT2D eigenvalue weighted by molar-refractivity contribution is 5.62. The Balaban J connectivity index is 2.29. The molecule has 2 aromatic heterocycles. The lowest BCUT2D eigenvalue weighted by atomic mass is 9.98. The number of aromatic amines is 1. The zero-order valence-corrected chi connectivity index (χ0v) is 14.5. The molecule has 124 valence electrons. The van der Waals surface area contributed by atoms with E-state index in [-0.39, 0.29) is 12.2 Å². The van der Waals surface area contributed by atoms with Gasteiger partial charge < -0.3 is 9.72 Å². The molecule has 2 aromatic rings. The number of hydrogen-bond donors (Lipinski definition) is 1. The number of allylic oxidation sites excluding steroid dienone is 1. The van der Waals surface area contributed by atoms with Crippen molar-refractivity contribution in [2.24, 2.45) is 0 Å². The Kier molecular flexibility index (Phi) is 4.14. The number of rotatable bonds is 2. The second kappa shape index (κ2) is 6.11. The number of hydrogen-bond acceptors (Lipinski definition) is 3. The first-order chi connectivity index (χ1) is 11.5. The maximum absolute atomic E-state index is 12.4. The van der Waals surface area contributed by atoms with Crippen molar-refractivity contribution in [3.8, 4) is 11.4 Å². The maximum atomic E-state index is 12.4. The lowest BCUT2D eigenvalue weighted by molar-refractivity contribution is 0.180. The summed E-state index contributed by atoms with van der Waals surface area (Å²) in [5, 5.41) is 1.82. The standard InChI is InChI=1S/C20H22N2O2/c1-6-15-12(4)17(7-2)21-19(13(15)5)18-9-14-8-11(3)24-10-16(14)20(23)22-18/h7,9H,3-4,6,8,10H2,1-2,5H3,(H,22,23)/b17-7+. The van der Waals surface area contributed by atoms with Crippen LogP contribution in [0.4, 0.5) is 0 Å². The highest BCUT2D eigenvalue weighted by Gasteiger charge is 2.19. The van der Waals surface area contributed by atoms with Gasteiger partial charge in [0.05, 0.1) is 28.1 Å². The summed E-state index contributed by atoms with van der Waals surface area (Å²) in [5.74, 6) is 0.689. The van der Waals surface area contributed by atoms with Gasteiger partial charge in [-0.05, 0) is 48.2 Å². The molecule has 0 fully saturated rings. The minimum absolute atomic E-state index is 0.116. The molecule has 0 unspecified atom stereocenters. The first-order valence-electron chi connectivity index (χ1n) is 8.17. The molecular formula is C20H22N2O2. The Morgan fingerprint density at radius 1 is 1.42 bits per heavy atom. The Bertz CT molecular complexity index is 1000. The van der Waals surface area contributed by atoms with E-state index in [0.717, 1.165) is 39.5 Å². The Morgan fingerprint density at radius 3 is 2.83 bits per heavy atom. The molecule has 0 aromatic carbocycles. The third kappa shape index (κ3) is 2.58. The van der Waals surface area contributed by atoms with Crippen LogP contribution in [0.5, 0.6) is 0 Å². The lowest BCUT2D eigenvalue weighted by Gasteiger charge is -2.19. The van der Waals surface area contributed by atoms with Crippen molar-refractivity contribution in [3.63, 3.8) is 0 Å². The van der Waals surface area contributed by atoms with Crippen molar-refractivity contribution in [1.82, 2.24) is 9.97 Å². The van der Waals surface area contributed by atoms with Gasteiger partial charge in [0.1, 0.15) is 6.61 Å². The summed E-state index contributed by atoms with van der Waals surface area (Å²) in [6.45, 7) is 14.4. The van der Waals surface area contributed by atoms with E-state index in [9.17, 15) is 4.79 Å². The molecular weight excluding hydrogens is 300 g/mol. The van der Waals surface area contributed by atoms with Gasteiger partial charge in [-0.25, -0.2) is 4.98 Å². The predicted octanol–water partition coefficient (Wildman–Crippen LogP) is 2.10. The number of nitrogens with one attached hydrogen (secondary N) is 1. The second-order valence-corrected chi connectivity index (χ2v) is 6.09. The van der Waals surface area contributed by atoms with Crippen molar-refractivity contribution in [1.29, 1.82) is 0 Å². The van der Waals surface area contributed by atoms with Crippen molar-refractivity contribution in [3.05, 3.63) is 61.6 Å². The zero-order chi connectivity index (χ0) is 17.4. The molecule has 0 saturated carbocycles. The van der Waals surface area contributed by atoms with Gasteiger partial charge >= 0.3 is 0 Å². The van der Waals surface area contributed by atoms with E-state index in [1.54, 1.807) is 0 Å². The molecule has 0 amide bonds. The molecule has 1 aliphatic heterocycles. The van der Waals surface area contributed by atoms with Crippen molar-refractivity contribution < 1.29 is 4.74 Å². The fraction of sp³-hybridized carbons (Fsp3) is 0.300. The topological polar surface area (TPSA) is 55.0 Å². The fourth-order valence-corrected chi connectivity index (χ4v) is 3.30. The third-order valence-corrected chi connectivity index (χ3v) is 4.63. The van der Waals surface area contributed by atoms with E-state index in [0.29, 0.717) is 17.7 Å². The Morgan fingerprint density at radius 2 is 2.17 bits per heavy atom. The minimum atomic E-state index is -0.116. The van der Waals surface area contributed by atoms with Gasteiger partial charge in [0, 0.05) is 6.42 Å². The molecule has 0 spiro atoms. The lowest BCUT2D eigenvalue weighted by Crippen LogP contribution is -2.32. The van der Waals surface area contributed by atoms with Crippen LogP contribution in [0.1, 0.15) is 36.1 Å². The van der Waals surface area contributed by atoms with E-state index >= 15 is 0 Å². The fourth-order valence-electron chi connectivity index (χ4n) is 3.30. The van der Waals surface area contributed by atoms with Gasteiger partial charge in [0.2, 0.25) is 0 Å². The maximum Gasteiger partial charge on any atom is 0.255 e. The molecule has 4 heteroatoms. The summed E-state index contributed by atoms with van der Waals surface area (Å²) < 4.78 is 5.40. The van der Waals surface area contributed by atoms with Crippen LogP contribution in [0.3, 0.4) is 0 Å². The van der Waals surface area contributed by atoms with Gasteiger partial charge in [0.25, 0.3) is 5.56 Å². The Hall–Kier alpha value is -2.62. The quantitative estimate of drug-likeness (QED) is 0.921. The van der Waals surface area contributed by atoms with Crippen LogP contribution in [0, 0.1) is 6.92 Å². The van der Waals surface area contributed by atoms with Gasteiger partial charge in [-0.15, -0.1) is 0 Å². The minimum Gasteiger partial charge on any atom is -0.493 e. The van der Waals surface area contributed by atoms with Crippen LogP contribution in [0.15, 0.2) is 23.2 Å². The molecule has 0 radical (unpaired) electrons. The van der Waals surface area contributed by atoms with Crippen molar-refractivity contribution in [2.75, 3.05) is 0 Å². The summed E-state index contributed by atoms with van der Waals surface area (Å²) in [7, 11) is 0. The van der Waals surface area contributed by atoms with Gasteiger partial charge in [0.15, 0.2) is 0 Å². The van der Waals surface area contributed by atoms with E-state index in [2.05, 4.69) is 25.1 Å². The first-order valence-corrected chi connectivity index (χ1v) is 8.17. The van der Waals surface area contributed by atoms with E-state index in [1.165, 1.54) is 5.56 Å². The average molecular weight is 322 g/mol. The number of pyridine rings is 2. The molecule has 0 saturated heterocycles. The van der Waals surface area contributed by atoms with Crippen molar-refractivity contribution in [2.45, 2.75) is 40.2 Å². The van der Waals surface area contributed by atoms with Crippen molar-refractivity contribution >= 4 is 12.7 Å². The molecule has 4 nitrogen and oxygen atoms in total. The molecule has 0 bridgehead atoms. The summed E-state index contributed by atoms with van der Waals surface area (Å²) in [5.41, 5.74) is 5.32. The van der Waals surface area contributed by atoms with Crippen LogP contribution in [0.2, 0.25) is 0 Å². The second-order valence-electron chi connectivity index (χ2n) is 6.09. The summed E-state index contributed by atoms with van der Waals surface area (Å²) in [4.78, 5) is 20.1. The van der Waals surface area contributed by atoms with Gasteiger partial charge in [-0.1, -0.05) is 26.2 Å². The largest absolute Gasteiger partial charge is 0.493 e. The molecule has 3 rings (SSSR count). The van der Waals surface area contributed by atoms with Crippen LogP contribution in [-0.4, -0.2) is 9.97 Å².